The number of carboxylic acid groups (broad SMARTS) is 1. The fraction of sp³-hybridized carbons (Fsp3) is 0.0833. The number of aromatic carboxylic acids is 1. The van der Waals surface area contributed by atoms with E-state index in [2.05, 4.69) is 15.9 Å². The van der Waals surface area contributed by atoms with Crippen molar-refractivity contribution in [2.45, 2.75) is 10.8 Å². The Kier molecular flexibility index (Phi) is 3.96. The van der Waals surface area contributed by atoms with E-state index in [-0.39, 0.29) is 5.56 Å². The van der Waals surface area contributed by atoms with Crippen LogP contribution in [0, 0.1) is 5.82 Å². The van der Waals surface area contributed by atoms with Crippen LogP contribution in [0.1, 0.15) is 16.1 Å². The zero-order valence-electron chi connectivity index (χ0n) is 9.84. The number of carbonyl (C=O) groups is 1. The van der Waals surface area contributed by atoms with Gasteiger partial charge in [0.1, 0.15) is 5.82 Å². The van der Waals surface area contributed by atoms with Gasteiger partial charge in [-0.2, -0.15) is 0 Å². The van der Waals surface area contributed by atoms with Gasteiger partial charge in [0.05, 0.1) is 5.75 Å². The van der Waals surface area contributed by atoms with E-state index in [1.165, 1.54) is 12.1 Å². The predicted molar refractivity (Wildman–Crippen MR) is 70.7 cm³/mol. The molecule has 106 valence electrons. The molecule has 1 N–H and O–H groups in total. The summed E-state index contributed by atoms with van der Waals surface area (Å²) in [5.74, 6) is -3.15. The van der Waals surface area contributed by atoms with E-state index in [9.17, 15) is 17.6 Å². The van der Waals surface area contributed by atoms with Crippen LogP contribution in [0.3, 0.4) is 0 Å². The lowest BCUT2D eigenvalue weighted by Crippen LogP contribution is -2.06. The van der Waals surface area contributed by atoms with E-state index in [1.807, 2.05) is 0 Å². The number of furan rings is 1. The molecule has 0 bridgehead atoms. The number of benzene rings is 1. The highest BCUT2D eigenvalue weighted by Crippen LogP contribution is 2.23. The zero-order valence-corrected chi connectivity index (χ0v) is 12.2. The third kappa shape index (κ3) is 3.07. The van der Waals surface area contributed by atoms with Crippen LogP contribution in [-0.4, -0.2) is 19.5 Å². The Morgan fingerprint density at radius 2 is 2.00 bits per heavy atom. The molecule has 0 aliphatic heterocycles. The fourth-order valence-corrected chi connectivity index (χ4v) is 3.21. The van der Waals surface area contributed by atoms with Crippen LogP contribution in [0.5, 0.6) is 0 Å². The molecule has 0 amide bonds. The second-order valence-electron chi connectivity index (χ2n) is 3.92. The molecule has 0 spiro atoms. The second-order valence-corrected chi connectivity index (χ2v) is 6.75. The number of carboxylic acids is 1. The summed E-state index contributed by atoms with van der Waals surface area (Å²) in [5, 5.41) is 8.17. The second kappa shape index (κ2) is 5.37. The quantitative estimate of drug-likeness (QED) is 0.903. The van der Waals surface area contributed by atoms with Gasteiger partial charge in [0, 0.05) is 10.0 Å². The molecule has 0 atom stereocenters. The van der Waals surface area contributed by atoms with E-state index in [1.54, 1.807) is 0 Å². The average Bonchev–Trinajstić information content (AvgIpc) is 2.84. The normalized spacial score (nSPS) is 11.5. The Morgan fingerprint density at radius 3 is 2.60 bits per heavy atom. The van der Waals surface area contributed by atoms with E-state index in [4.69, 9.17) is 9.52 Å². The van der Waals surface area contributed by atoms with Crippen LogP contribution < -0.4 is 0 Å². The maximum Gasteiger partial charge on any atom is 0.371 e. The molecule has 0 saturated carbocycles. The Balaban J connectivity index is 2.35. The summed E-state index contributed by atoms with van der Waals surface area (Å²) in [7, 11) is -3.96. The molecule has 1 heterocycles. The minimum absolute atomic E-state index is 0.0346. The summed E-state index contributed by atoms with van der Waals surface area (Å²) >= 11 is 3.12. The van der Waals surface area contributed by atoms with Crippen molar-refractivity contribution in [1.29, 1.82) is 0 Å². The highest BCUT2D eigenvalue weighted by Gasteiger charge is 2.23. The van der Waals surface area contributed by atoms with E-state index >= 15 is 0 Å². The molecule has 1 aromatic heterocycles. The first kappa shape index (κ1) is 14.7. The minimum atomic E-state index is -3.96. The van der Waals surface area contributed by atoms with Crippen molar-refractivity contribution >= 4 is 31.7 Å². The maximum absolute atomic E-state index is 13.5. The van der Waals surface area contributed by atoms with Gasteiger partial charge in [-0.3, -0.25) is 0 Å². The smallest absolute Gasteiger partial charge is 0.371 e. The van der Waals surface area contributed by atoms with E-state index < -0.39 is 38.2 Å². The first-order valence-electron chi connectivity index (χ1n) is 5.29. The molecule has 2 rings (SSSR count). The van der Waals surface area contributed by atoms with Crippen molar-refractivity contribution in [2.24, 2.45) is 0 Å². The zero-order chi connectivity index (χ0) is 14.9. The van der Waals surface area contributed by atoms with E-state index in [0.717, 1.165) is 18.2 Å². The van der Waals surface area contributed by atoms with Crippen molar-refractivity contribution in [3.8, 4) is 0 Å². The number of hydrogen-bond donors (Lipinski definition) is 1. The highest BCUT2D eigenvalue weighted by atomic mass is 79.9. The summed E-state index contributed by atoms with van der Waals surface area (Å²) < 4.78 is 42.9. The van der Waals surface area contributed by atoms with Crippen LogP contribution in [0.15, 0.2) is 44.3 Å². The fourth-order valence-electron chi connectivity index (χ4n) is 1.53. The monoisotopic (exact) mass is 362 g/mol. The lowest BCUT2D eigenvalue weighted by Gasteiger charge is -2.04. The summed E-state index contributed by atoms with van der Waals surface area (Å²) in [5.41, 5.74) is -0.0346. The van der Waals surface area contributed by atoms with Gasteiger partial charge in [0.15, 0.2) is 0 Å². The summed E-state index contributed by atoms with van der Waals surface area (Å²) in [4.78, 5) is 10.6. The molecule has 20 heavy (non-hydrogen) atoms. The van der Waals surface area contributed by atoms with Gasteiger partial charge in [0.2, 0.25) is 20.7 Å². The third-order valence-electron chi connectivity index (χ3n) is 2.45. The number of rotatable bonds is 4. The molecule has 1 aromatic carbocycles. The van der Waals surface area contributed by atoms with Gasteiger partial charge < -0.3 is 9.52 Å². The SMILES string of the molecule is O=C(O)c1ccc(S(=O)(=O)Cc2cc(Br)ccc2F)o1. The summed E-state index contributed by atoms with van der Waals surface area (Å²) in [6.07, 6.45) is 0. The van der Waals surface area contributed by atoms with Gasteiger partial charge in [-0.05, 0) is 30.3 Å². The molecule has 2 aromatic rings. The van der Waals surface area contributed by atoms with Crippen LogP contribution in [0.25, 0.3) is 0 Å². The van der Waals surface area contributed by atoms with Crippen LogP contribution in [-0.2, 0) is 15.6 Å². The molecule has 0 radical (unpaired) electrons. The Labute approximate surface area is 122 Å². The Bertz CT molecular complexity index is 766. The molecule has 0 aliphatic carbocycles. The standard InChI is InChI=1S/C12H8BrFO5S/c13-8-1-2-9(14)7(5-8)6-20(17,18)11-4-3-10(19-11)12(15)16/h1-5H,6H2,(H,15,16). The maximum atomic E-state index is 13.5. The van der Waals surface area contributed by atoms with Gasteiger partial charge in [0.25, 0.3) is 0 Å². The molecule has 0 fully saturated rings. The lowest BCUT2D eigenvalue weighted by atomic mass is 10.2. The number of hydrogen-bond acceptors (Lipinski definition) is 4. The predicted octanol–water partition coefficient (Wildman–Crippen LogP) is 2.85. The third-order valence-corrected chi connectivity index (χ3v) is 4.47. The van der Waals surface area contributed by atoms with Crippen molar-refractivity contribution in [3.05, 3.63) is 51.9 Å². The van der Waals surface area contributed by atoms with Gasteiger partial charge in [-0.25, -0.2) is 17.6 Å². The van der Waals surface area contributed by atoms with Gasteiger partial charge in [-0.15, -0.1) is 0 Å². The summed E-state index contributed by atoms with van der Waals surface area (Å²) in [6, 6.07) is 6.00. The van der Waals surface area contributed by atoms with Gasteiger partial charge >= 0.3 is 5.97 Å². The van der Waals surface area contributed by atoms with Crippen molar-refractivity contribution < 1.29 is 27.1 Å². The molecular formula is C12H8BrFO5S. The van der Waals surface area contributed by atoms with E-state index in [0.29, 0.717) is 4.47 Å². The number of sulfone groups is 1. The minimum Gasteiger partial charge on any atom is -0.475 e. The van der Waals surface area contributed by atoms with Crippen molar-refractivity contribution in [2.75, 3.05) is 0 Å². The molecular weight excluding hydrogens is 355 g/mol. The molecule has 8 heteroatoms. The largest absolute Gasteiger partial charge is 0.475 e. The number of halogens is 2. The van der Waals surface area contributed by atoms with Crippen molar-refractivity contribution in [3.63, 3.8) is 0 Å². The highest BCUT2D eigenvalue weighted by molar-refractivity contribution is 9.10. The Hall–Kier alpha value is -1.67. The topological polar surface area (TPSA) is 84.6 Å². The molecule has 0 aliphatic rings. The molecule has 0 unspecified atom stereocenters. The lowest BCUT2D eigenvalue weighted by molar-refractivity contribution is 0.0656. The van der Waals surface area contributed by atoms with Crippen LogP contribution >= 0.6 is 15.9 Å². The van der Waals surface area contributed by atoms with Crippen LogP contribution in [0.2, 0.25) is 0 Å². The molecule has 5 nitrogen and oxygen atoms in total. The van der Waals surface area contributed by atoms with Crippen molar-refractivity contribution in [1.82, 2.24) is 0 Å². The summed E-state index contributed by atoms with van der Waals surface area (Å²) in [6.45, 7) is 0. The first-order chi connectivity index (χ1) is 9.29. The van der Waals surface area contributed by atoms with Gasteiger partial charge in [-0.1, -0.05) is 15.9 Å². The average molecular weight is 363 g/mol. The van der Waals surface area contributed by atoms with Crippen LogP contribution in [0.4, 0.5) is 4.39 Å². The first-order valence-corrected chi connectivity index (χ1v) is 7.74. The molecule has 0 saturated heterocycles. The Morgan fingerprint density at radius 1 is 1.30 bits per heavy atom.